The standard InChI is InChI=1S/C13H17NO3/c1-3-17-12-10(13(15)16-2)5-4-8-6-9(14)7-11(8)12/h4-5,9H,3,6-7,14H2,1-2H3. The Morgan fingerprint density at radius 3 is 2.88 bits per heavy atom. The molecule has 2 N–H and O–H groups in total. The van der Waals surface area contributed by atoms with Gasteiger partial charge in [0.1, 0.15) is 11.3 Å². The molecule has 0 bridgehead atoms. The molecular formula is C13H17NO3. The third-order valence-corrected chi connectivity index (χ3v) is 3.00. The zero-order chi connectivity index (χ0) is 12.4. The van der Waals surface area contributed by atoms with Gasteiger partial charge >= 0.3 is 5.97 Å². The van der Waals surface area contributed by atoms with Crippen LogP contribution in [0.5, 0.6) is 5.75 Å². The second-order valence-electron chi connectivity index (χ2n) is 4.17. The summed E-state index contributed by atoms with van der Waals surface area (Å²) >= 11 is 0. The molecule has 1 aromatic rings. The molecule has 0 saturated carbocycles. The number of carbonyl (C=O) groups excluding carboxylic acids is 1. The number of benzene rings is 1. The maximum atomic E-state index is 11.7. The fourth-order valence-electron chi connectivity index (χ4n) is 2.28. The molecule has 1 atom stereocenters. The Bertz CT molecular complexity index is 443. The Labute approximate surface area is 101 Å². The van der Waals surface area contributed by atoms with E-state index in [1.807, 2.05) is 13.0 Å². The van der Waals surface area contributed by atoms with Gasteiger partial charge in [-0.1, -0.05) is 6.07 Å². The maximum Gasteiger partial charge on any atom is 0.341 e. The predicted octanol–water partition coefficient (Wildman–Crippen LogP) is 1.30. The van der Waals surface area contributed by atoms with E-state index in [1.54, 1.807) is 6.07 Å². The number of rotatable bonds is 3. The fourth-order valence-corrected chi connectivity index (χ4v) is 2.28. The van der Waals surface area contributed by atoms with Crippen molar-refractivity contribution in [2.45, 2.75) is 25.8 Å². The highest BCUT2D eigenvalue weighted by Crippen LogP contribution is 2.33. The largest absolute Gasteiger partial charge is 0.493 e. The smallest absolute Gasteiger partial charge is 0.341 e. The van der Waals surface area contributed by atoms with Crippen molar-refractivity contribution in [3.8, 4) is 5.75 Å². The van der Waals surface area contributed by atoms with Gasteiger partial charge in [0.15, 0.2) is 0 Å². The van der Waals surface area contributed by atoms with Crippen LogP contribution in [0.2, 0.25) is 0 Å². The summed E-state index contributed by atoms with van der Waals surface area (Å²) in [6.45, 7) is 2.42. The lowest BCUT2D eigenvalue weighted by Crippen LogP contribution is -2.19. The zero-order valence-corrected chi connectivity index (χ0v) is 10.2. The Morgan fingerprint density at radius 1 is 1.47 bits per heavy atom. The molecule has 92 valence electrons. The number of ether oxygens (including phenoxy) is 2. The first-order valence-electron chi connectivity index (χ1n) is 5.78. The van der Waals surface area contributed by atoms with Crippen LogP contribution in [-0.4, -0.2) is 25.7 Å². The van der Waals surface area contributed by atoms with Gasteiger partial charge in [-0.25, -0.2) is 4.79 Å². The minimum Gasteiger partial charge on any atom is -0.493 e. The number of esters is 1. The van der Waals surface area contributed by atoms with Crippen LogP contribution in [-0.2, 0) is 17.6 Å². The van der Waals surface area contributed by atoms with Gasteiger partial charge in [-0.2, -0.15) is 0 Å². The van der Waals surface area contributed by atoms with E-state index < -0.39 is 0 Å². The zero-order valence-electron chi connectivity index (χ0n) is 10.2. The average Bonchev–Trinajstić information content (AvgIpc) is 2.69. The molecule has 17 heavy (non-hydrogen) atoms. The Balaban J connectivity index is 2.48. The number of carbonyl (C=O) groups is 1. The summed E-state index contributed by atoms with van der Waals surface area (Å²) in [6.07, 6.45) is 1.60. The van der Waals surface area contributed by atoms with Gasteiger partial charge in [-0.3, -0.25) is 0 Å². The number of fused-ring (bicyclic) bond motifs is 1. The van der Waals surface area contributed by atoms with Gasteiger partial charge in [0.25, 0.3) is 0 Å². The molecule has 4 nitrogen and oxygen atoms in total. The van der Waals surface area contributed by atoms with E-state index >= 15 is 0 Å². The second-order valence-corrected chi connectivity index (χ2v) is 4.17. The predicted molar refractivity (Wildman–Crippen MR) is 64.3 cm³/mol. The summed E-state index contributed by atoms with van der Waals surface area (Å²) < 4.78 is 10.4. The molecule has 1 unspecified atom stereocenters. The molecule has 1 aliphatic carbocycles. The highest BCUT2D eigenvalue weighted by atomic mass is 16.5. The van der Waals surface area contributed by atoms with Gasteiger partial charge in [0.05, 0.1) is 13.7 Å². The minimum atomic E-state index is -0.364. The first-order valence-corrected chi connectivity index (χ1v) is 5.78. The summed E-state index contributed by atoms with van der Waals surface area (Å²) in [4.78, 5) is 11.7. The third kappa shape index (κ3) is 2.13. The number of hydrogen-bond acceptors (Lipinski definition) is 4. The van der Waals surface area contributed by atoms with Crippen molar-refractivity contribution < 1.29 is 14.3 Å². The molecule has 0 aromatic heterocycles. The number of methoxy groups -OCH3 is 1. The van der Waals surface area contributed by atoms with Gasteiger partial charge in [0, 0.05) is 6.04 Å². The Morgan fingerprint density at radius 2 is 2.24 bits per heavy atom. The average molecular weight is 235 g/mol. The molecule has 1 aromatic carbocycles. The SMILES string of the molecule is CCOc1c(C(=O)OC)ccc2c1CC(N)C2. The highest BCUT2D eigenvalue weighted by Gasteiger charge is 2.26. The number of hydrogen-bond donors (Lipinski definition) is 1. The van der Waals surface area contributed by atoms with E-state index in [-0.39, 0.29) is 12.0 Å². The molecular weight excluding hydrogens is 218 g/mol. The van der Waals surface area contributed by atoms with E-state index in [2.05, 4.69) is 0 Å². The molecule has 0 heterocycles. The van der Waals surface area contributed by atoms with Crippen molar-refractivity contribution in [1.82, 2.24) is 0 Å². The van der Waals surface area contributed by atoms with Crippen LogP contribution < -0.4 is 10.5 Å². The van der Waals surface area contributed by atoms with Gasteiger partial charge in [-0.15, -0.1) is 0 Å². The number of nitrogens with two attached hydrogens (primary N) is 1. The topological polar surface area (TPSA) is 61.5 Å². The second kappa shape index (κ2) is 4.75. The molecule has 4 heteroatoms. The van der Waals surface area contributed by atoms with Gasteiger partial charge < -0.3 is 15.2 Å². The lowest BCUT2D eigenvalue weighted by atomic mass is 10.0. The van der Waals surface area contributed by atoms with Crippen LogP contribution in [0.15, 0.2) is 12.1 Å². The molecule has 0 amide bonds. The summed E-state index contributed by atoms with van der Waals surface area (Å²) in [7, 11) is 1.37. The maximum absolute atomic E-state index is 11.7. The van der Waals surface area contributed by atoms with E-state index in [4.69, 9.17) is 15.2 Å². The summed E-state index contributed by atoms with van der Waals surface area (Å²) in [5, 5.41) is 0. The summed E-state index contributed by atoms with van der Waals surface area (Å²) in [5.41, 5.74) is 8.66. The first kappa shape index (κ1) is 11.9. The quantitative estimate of drug-likeness (QED) is 0.802. The van der Waals surface area contributed by atoms with Crippen molar-refractivity contribution in [1.29, 1.82) is 0 Å². The minimum absolute atomic E-state index is 0.122. The van der Waals surface area contributed by atoms with Crippen molar-refractivity contribution in [3.63, 3.8) is 0 Å². The van der Waals surface area contributed by atoms with Crippen LogP contribution in [0.25, 0.3) is 0 Å². The monoisotopic (exact) mass is 235 g/mol. The summed E-state index contributed by atoms with van der Waals surface area (Å²) in [6, 6.07) is 3.82. The molecule has 0 fully saturated rings. The summed E-state index contributed by atoms with van der Waals surface area (Å²) in [5.74, 6) is 0.279. The van der Waals surface area contributed by atoms with Crippen LogP contribution >= 0.6 is 0 Å². The van der Waals surface area contributed by atoms with E-state index in [1.165, 1.54) is 12.7 Å². The first-order chi connectivity index (χ1) is 8.17. The van der Waals surface area contributed by atoms with E-state index in [0.717, 1.165) is 18.4 Å². The van der Waals surface area contributed by atoms with Gasteiger partial charge in [-0.05, 0) is 37.0 Å². The van der Waals surface area contributed by atoms with Crippen LogP contribution in [0.3, 0.4) is 0 Å². The van der Waals surface area contributed by atoms with Crippen molar-refractivity contribution in [2.75, 3.05) is 13.7 Å². The lowest BCUT2D eigenvalue weighted by molar-refractivity contribution is 0.0596. The molecule has 0 radical (unpaired) electrons. The molecule has 0 saturated heterocycles. The third-order valence-electron chi connectivity index (χ3n) is 3.00. The van der Waals surface area contributed by atoms with E-state index in [0.29, 0.717) is 17.9 Å². The molecule has 0 spiro atoms. The highest BCUT2D eigenvalue weighted by molar-refractivity contribution is 5.93. The van der Waals surface area contributed by atoms with E-state index in [9.17, 15) is 4.79 Å². The fraction of sp³-hybridized carbons (Fsp3) is 0.462. The Hall–Kier alpha value is -1.55. The normalized spacial score (nSPS) is 17.7. The molecule has 2 rings (SSSR count). The van der Waals surface area contributed by atoms with Crippen LogP contribution in [0.4, 0.5) is 0 Å². The molecule has 0 aliphatic heterocycles. The Kier molecular flexibility index (Phi) is 3.33. The molecule has 1 aliphatic rings. The van der Waals surface area contributed by atoms with Gasteiger partial charge in [0.2, 0.25) is 0 Å². The van der Waals surface area contributed by atoms with Crippen molar-refractivity contribution in [2.24, 2.45) is 5.73 Å². The van der Waals surface area contributed by atoms with Crippen LogP contribution in [0.1, 0.15) is 28.4 Å². The van der Waals surface area contributed by atoms with Crippen molar-refractivity contribution >= 4 is 5.97 Å². The lowest BCUT2D eigenvalue weighted by Gasteiger charge is -2.13. The van der Waals surface area contributed by atoms with Crippen molar-refractivity contribution in [3.05, 3.63) is 28.8 Å². The van der Waals surface area contributed by atoms with Crippen LogP contribution in [0, 0.1) is 0 Å².